The molecule has 1 N–H and O–H groups in total. The third-order valence-corrected chi connectivity index (χ3v) is 3.42. The second-order valence-corrected chi connectivity index (χ2v) is 4.86. The Kier molecular flexibility index (Phi) is 2.48. The molecule has 0 spiro atoms. The van der Waals surface area contributed by atoms with Crippen LogP contribution in [0.3, 0.4) is 0 Å². The fourth-order valence-corrected chi connectivity index (χ4v) is 2.52. The Morgan fingerprint density at radius 2 is 2.35 bits per heavy atom. The molecule has 90 valence electrons. The Morgan fingerprint density at radius 1 is 1.47 bits per heavy atom. The normalized spacial score (nSPS) is 21.4. The van der Waals surface area contributed by atoms with E-state index in [1.54, 1.807) is 12.1 Å². The molecule has 3 rings (SSSR count). The number of aromatic hydroxyl groups is 1. The van der Waals surface area contributed by atoms with E-state index in [9.17, 15) is 5.11 Å². The van der Waals surface area contributed by atoms with Crippen molar-refractivity contribution in [2.24, 2.45) is 5.92 Å². The van der Waals surface area contributed by atoms with Crippen LogP contribution < -0.4 is 0 Å². The quantitative estimate of drug-likeness (QED) is 0.842. The number of aromatic nitrogens is 3. The molecule has 0 radical (unpaired) electrons. The Morgan fingerprint density at radius 3 is 3.12 bits per heavy atom. The second-order valence-electron chi connectivity index (χ2n) is 4.86. The van der Waals surface area contributed by atoms with Gasteiger partial charge in [0.2, 0.25) is 0 Å². The molecule has 0 amide bonds. The van der Waals surface area contributed by atoms with Crippen molar-refractivity contribution < 1.29 is 5.11 Å². The van der Waals surface area contributed by atoms with Crippen molar-refractivity contribution in [3.63, 3.8) is 0 Å². The van der Waals surface area contributed by atoms with Crippen LogP contribution in [0.1, 0.15) is 6.42 Å². The maximum atomic E-state index is 9.37. The topological polar surface area (TPSA) is 54.2 Å². The van der Waals surface area contributed by atoms with E-state index in [4.69, 9.17) is 0 Å². The second kappa shape index (κ2) is 4.00. The number of phenolic OH excluding ortho intramolecular Hbond substituents is 1. The molecule has 0 bridgehead atoms. The molecule has 1 aliphatic rings. The third kappa shape index (κ3) is 1.98. The lowest BCUT2D eigenvalue weighted by atomic mass is 10.1. The minimum absolute atomic E-state index is 0.241. The molecule has 1 fully saturated rings. The molecular weight excluding hydrogens is 216 g/mol. The van der Waals surface area contributed by atoms with E-state index in [-0.39, 0.29) is 5.75 Å². The predicted octanol–water partition coefficient (Wildman–Crippen LogP) is 1.09. The van der Waals surface area contributed by atoms with Crippen LogP contribution >= 0.6 is 0 Å². The van der Waals surface area contributed by atoms with Crippen molar-refractivity contribution >= 4 is 11.0 Å². The number of nitrogens with zero attached hydrogens (tertiary/aromatic N) is 4. The molecule has 0 aliphatic carbocycles. The predicted molar refractivity (Wildman–Crippen MR) is 64.8 cm³/mol. The lowest BCUT2D eigenvalue weighted by Crippen LogP contribution is -2.17. The van der Waals surface area contributed by atoms with Gasteiger partial charge in [-0.2, -0.15) is 0 Å². The Bertz CT molecular complexity index is 536. The number of likely N-dealkylation sites (tertiary alicyclic amines) is 1. The van der Waals surface area contributed by atoms with Gasteiger partial charge in [-0.1, -0.05) is 5.21 Å². The highest BCUT2D eigenvalue weighted by molar-refractivity contribution is 5.75. The zero-order valence-corrected chi connectivity index (χ0v) is 9.87. The van der Waals surface area contributed by atoms with E-state index in [2.05, 4.69) is 22.3 Å². The van der Waals surface area contributed by atoms with Crippen LogP contribution in [0, 0.1) is 5.92 Å². The summed E-state index contributed by atoms with van der Waals surface area (Å²) < 4.78 is 1.94. The van der Waals surface area contributed by atoms with Crippen LogP contribution in [0.5, 0.6) is 5.75 Å². The highest BCUT2D eigenvalue weighted by Gasteiger charge is 2.20. The van der Waals surface area contributed by atoms with Crippen molar-refractivity contribution in [3.8, 4) is 5.75 Å². The molecule has 1 saturated heterocycles. The highest BCUT2D eigenvalue weighted by atomic mass is 16.3. The molecule has 17 heavy (non-hydrogen) atoms. The van der Waals surface area contributed by atoms with Gasteiger partial charge in [0.15, 0.2) is 0 Å². The summed E-state index contributed by atoms with van der Waals surface area (Å²) in [6.07, 6.45) is 1.22. The standard InChI is InChI=1S/C12H16N4O/c1-15-5-4-9(7-15)8-16-12-3-2-10(17)6-11(12)13-14-16/h2-3,6,9,17H,4-5,7-8H2,1H3. The van der Waals surface area contributed by atoms with Crippen LogP contribution in [0.4, 0.5) is 0 Å². The zero-order valence-electron chi connectivity index (χ0n) is 9.87. The zero-order chi connectivity index (χ0) is 11.8. The maximum absolute atomic E-state index is 9.37. The van der Waals surface area contributed by atoms with Crippen molar-refractivity contribution in [2.45, 2.75) is 13.0 Å². The van der Waals surface area contributed by atoms with Gasteiger partial charge >= 0.3 is 0 Å². The van der Waals surface area contributed by atoms with Gasteiger partial charge in [-0.25, -0.2) is 4.68 Å². The molecule has 1 atom stereocenters. The monoisotopic (exact) mass is 232 g/mol. The van der Waals surface area contributed by atoms with E-state index in [0.717, 1.165) is 30.7 Å². The average molecular weight is 232 g/mol. The summed E-state index contributed by atoms with van der Waals surface area (Å²) in [4.78, 5) is 2.34. The molecular formula is C12H16N4O. The summed E-state index contributed by atoms with van der Waals surface area (Å²) in [5.41, 5.74) is 1.76. The van der Waals surface area contributed by atoms with Gasteiger partial charge < -0.3 is 10.0 Å². The van der Waals surface area contributed by atoms with Crippen molar-refractivity contribution in [2.75, 3.05) is 20.1 Å². The van der Waals surface area contributed by atoms with Crippen molar-refractivity contribution in [1.29, 1.82) is 0 Å². The minimum atomic E-state index is 0.241. The lowest BCUT2D eigenvalue weighted by Gasteiger charge is -2.10. The molecule has 0 saturated carbocycles. The summed E-state index contributed by atoms with van der Waals surface area (Å²) >= 11 is 0. The first kappa shape index (κ1) is 10.5. The summed E-state index contributed by atoms with van der Waals surface area (Å²) in [5, 5.41) is 17.6. The Hall–Kier alpha value is -1.62. The third-order valence-electron chi connectivity index (χ3n) is 3.42. The van der Waals surface area contributed by atoms with Gasteiger partial charge in [0.25, 0.3) is 0 Å². The van der Waals surface area contributed by atoms with Gasteiger partial charge in [-0.05, 0) is 38.1 Å². The van der Waals surface area contributed by atoms with Crippen LogP contribution in [-0.4, -0.2) is 45.1 Å². The number of rotatable bonds is 2. The van der Waals surface area contributed by atoms with Crippen LogP contribution in [0.15, 0.2) is 18.2 Å². The average Bonchev–Trinajstić information content (AvgIpc) is 2.86. The number of benzene rings is 1. The van der Waals surface area contributed by atoms with Gasteiger partial charge in [-0.15, -0.1) is 5.10 Å². The summed E-state index contributed by atoms with van der Waals surface area (Å²) in [7, 11) is 2.15. The van der Waals surface area contributed by atoms with E-state index >= 15 is 0 Å². The lowest BCUT2D eigenvalue weighted by molar-refractivity contribution is 0.370. The van der Waals surface area contributed by atoms with Crippen LogP contribution in [-0.2, 0) is 6.54 Å². The number of fused-ring (bicyclic) bond motifs is 1. The summed E-state index contributed by atoms with van der Waals surface area (Å²) in [6, 6.07) is 5.21. The maximum Gasteiger partial charge on any atom is 0.117 e. The Labute approximate surface area is 99.6 Å². The smallest absolute Gasteiger partial charge is 0.117 e. The van der Waals surface area contributed by atoms with E-state index < -0.39 is 0 Å². The van der Waals surface area contributed by atoms with Gasteiger partial charge in [0.05, 0.1) is 5.52 Å². The molecule has 5 nitrogen and oxygen atoms in total. The molecule has 1 aliphatic heterocycles. The highest BCUT2D eigenvalue weighted by Crippen LogP contribution is 2.21. The molecule has 2 aromatic rings. The minimum Gasteiger partial charge on any atom is -0.508 e. The fraction of sp³-hybridized carbons (Fsp3) is 0.500. The van der Waals surface area contributed by atoms with Crippen LogP contribution in [0.2, 0.25) is 0 Å². The number of hydrogen-bond acceptors (Lipinski definition) is 4. The molecule has 5 heteroatoms. The first-order valence-electron chi connectivity index (χ1n) is 5.93. The number of phenols is 1. The van der Waals surface area contributed by atoms with Crippen LogP contribution in [0.25, 0.3) is 11.0 Å². The van der Waals surface area contributed by atoms with Gasteiger partial charge in [-0.3, -0.25) is 0 Å². The molecule has 2 heterocycles. The Balaban J connectivity index is 1.85. The summed E-state index contributed by atoms with van der Waals surface area (Å²) in [5.74, 6) is 0.892. The van der Waals surface area contributed by atoms with E-state index in [1.807, 2.05) is 10.7 Å². The first-order valence-corrected chi connectivity index (χ1v) is 5.93. The largest absolute Gasteiger partial charge is 0.508 e. The van der Waals surface area contributed by atoms with Crippen molar-refractivity contribution in [1.82, 2.24) is 19.9 Å². The number of hydrogen-bond donors (Lipinski definition) is 1. The molecule has 1 aromatic carbocycles. The van der Waals surface area contributed by atoms with Gasteiger partial charge in [0.1, 0.15) is 11.3 Å². The first-order chi connectivity index (χ1) is 8.22. The van der Waals surface area contributed by atoms with E-state index in [1.165, 1.54) is 6.42 Å². The van der Waals surface area contributed by atoms with E-state index in [0.29, 0.717) is 5.92 Å². The van der Waals surface area contributed by atoms with Gasteiger partial charge in [0, 0.05) is 19.2 Å². The molecule has 1 unspecified atom stereocenters. The molecule has 1 aromatic heterocycles. The fourth-order valence-electron chi connectivity index (χ4n) is 2.52. The van der Waals surface area contributed by atoms with Crippen molar-refractivity contribution in [3.05, 3.63) is 18.2 Å². The summed E-state index contributed by atoms with van der Waals surface area (Å²) in [6.45, 7) is 3.20. The SMILES string of the molecule is CN1CCC(Cn2nnc3cc(O)ccc32)C1.